The van der Waals surface area contributed by atoms with Crippen LogP contribution in [0.2, 0.25) is 5.02 Å². The van der Waals surface area contributed by atoms with Crippen LogP contribution < -0.4 is 0 Å². The predicted molar refractivity (Wildman–Crippen MR) is 63.3 cm³/mol. The first-order valence-electron chi connectivity index (χ1n) is 4.84. The molecule has 2 rings (SSSR count). The molecule has 0 aliphatic heterocycles. The van der Waals surface area contributed by atoms with Crippen molar-refractivity contribution in [1.82, 2.24) is 0 Å². The molecule has 0 saturated heterocycles. The van der Waals surface area contributed by atoms with E-state index in [1.54, 1.807) is 6.92 Å². The van der Waals surface area contributed by atoms with Crippen molar-refractivity contribution in [2.24, 2.45) is 0 Å². The number of carbonyl (C=O) groups is 1. The van der Waals surface area contributed by atoms with E-state index in [0.29, 0.717) is 6.42 Å². The average Bonchev–Trinajstić information content (AvgIpc) is 2.22. The van der Waals surface area contributed by atoms with Crippen molar-refractivity contribution in [3.63, 3.8) is 0 Å². The summed E-state index contributed by atoms with van der Waals surface area (Å²) in [6.45, 7) is 1.60. The van der Waals surface area contributed by atoms with E-state index in [9.17, 15) is 4.79 Å². The van der Waals surface area contributed by atoms with E-state index < -0.39 is 0 Å². The molecule has 0 unspecified atom stereocenters. The zero-order valence-corrected chi connectivity index (χ0v) is 9.21. The molecule has 0 aliphatic rings. The largest absolute Gasteiger partial charge is 0.300 e. The van der Waals surface area contributed by atoms with Crippen molar-refractivity contribution >= 4 is 28.2 Å². The lowest BCUT2D eigenvalue weighted by molar-refractivity contribution is -0.116. The van der Waals surface area contributed by atoms with E-state index in [1.165, 1.54) is 0 Å². The summed E-state index contributed by atoms with van der Waals surface area (Å²) in [5.41, 5.74) is 1.04. The summed E-state index contributed by atoms with van der Waals surface area (Å²) in [6.07, 6.45) is 0.470. The SMILES string of the molecule is CC(=O)Cc1ccc(Cl)c2ccccc12. The standard InChI is InChI=1S/C13H11ClO/c1-9(15)8-10-6-7-13(14)12-5-3-2-4-11(10)12/h2-7H,8H2,1H3. The Morgan fingerprint density at radius 3 is 2.47 bits per heavy atom. The molecule has 0 saturated carbocycles. The lowest BCUT2D eigenvalue weighted by Crippen LogP contribution is -1.97. The molecule has 0 N–H and O–H groups in total. The summed E-state index contributed by atoms with van der Waals surface area (Å²) < 4.78 is 0. The first-order chi connectivity index (χ1) is 7.18. The normalized spacial score (nSPS) is 10.5. The van der Waals surface area contributed by atoms with Gasteiger partial charge in [-0.05, 0) is 23.9 Å². The Bertz CT molecular complexity index is 517. The maximum atomic E-state index is 11.1. The van der Waals surface area contributed by atoms with E-state index in [1.807, 2.05) is 36.4 Å². The Morgan fingerprint density at radius 1 is 1.13 bits per heavy atom. The van der Waals surface area contributed by atoms with Gasteiger partial charge in [0, 0.05) is 16.8 Å². The Labute approximate surface area is 93.7 Å². The van der Waals surface area contributed by atoms with Crippen LogP contribution in [0.3, 0.4) is 0 Å². The minimum Gasteiger partial charge on any atom is -0.300 e. The van der Waals surface area contributed by atoms with Crippen LogP contribution in [0.25, 0.3) is 10.8 Å². The van der Waals surface area contributed by atoms with E-state index in [-0.39, 0.29) is 5.78 Å². The maximum absolute atomic E-state index is 11.1. The number of halogens is 1. The van der Waals surface area contributed by atoms with E-state index in [0.717, 1.165) is 21.4 Å². The highest BCUT2D eigenvalue weighted by Gasteiger charge is 2.05. The first-order valence-corrected chi connectivity index (χ1v) is 5.22. The molecule has 0 atom stereocenters. The zero-order valence-electron chi connectivity index (χ0n) is 8.46. The van der Waals surface area contributed by atoms with Crippen molar-refractivity contribution in [2.75, 3.05) is 0 Å². The number of rotatable bonds is 2. The molecule has 15 heavy (non-hydrogen) atoms. The van der Waals surface area contributed by atoms with Crippen molar-refractivity contribution in [3.8, 4) is 0 Å². The van der Waals surface area contributed by atoms with Crippen molar-refractivity contribution < 1.29 is 4.79 Å². The summed E-state index contributed by atoms with van der Waals surface area (Å²) in [7, 11) is 0. The minimum atomic E-state index is 0.169. The number of ketones is 1. The van der Waals surface area contributed by atoms with Gasteiger partial charge in [0.2, 0.25) is 0 Å². The molecule has 0 spiro atoms. The first kappa shape index (κ1) is 10.2. The van der Waals surface area contributed by atoms with Crippen LogP contribution in [-0.4, -0.2) is 5.78 Å². The van der Waals surface area contributed by atoms with E-state index in [2.05, 4.69) is 0 Å². The van der Waals surface area contributed by atoms with Gasteiger partial charge in [-0.25, -0.2) is 0 Å². The molecule has 76 valence electrons. The highest BCUT2D eigenvalue weighted by atomic mass is 35.5. The second-order valence-corrected chi connectivity index (χ2v) is 4.04. The maximum Gasteiger partial charge on any atom is 0.134 e. The molecule has 2 heteroatoms. The second kappa shape index (κ2) is 4.03. The van der Waals surface area contributed by atoms with Gasteiger partial charge < -0.3 is 0 Å². The summed E-state index contributed by atoms with van der Waals surface area (Å²) in [5.74, 6) is 0.169. The van der Waals surface area contributed by atoms with Crippen LogP contribution in [0, 0.1) is 0 Å². The molecule has 1 nitrogen and oxygen atoms in total. The summed E-state index contributed by atoms with van der Waals surface area (Å²) in [4.78, 5) is 11.1. The third-order valence-corrected chi connectivity index (χ3v) is 2.73. The van der Waals surface area contributed by atoms with Gasteiger partial charge in [-0.2, -0.15) is 0 Å². The molecule has 0 fully saturated rings. The topological polar surface area (TPSA) is 17.1 Å². The Kier molecular flexibility index (Phi) is 2.74. The van der Waals surface area contributed by atoms with E-state index >= 15 is 0 Å². The molecule has 0 heterocycles. The number of benzene rings is 2. The number of hydrogen-bond acceptors (Lipinski definition) is 1. The summed E-state index contributed by atoms with van der Waals surface area (Å²) in [6, 6.07) is 11.7. The average molecular weight is 219 g/mol. The molecule has 0 aliphatic carbocycles. The van der Waals surface area contributed by atoms with Gasteiger partial charge in [-0.15, -0.1) is 0 Å². The molecular weight excluding hydrogens is 208 g/mol. The lowest BCUT2D eigenvalue weighted by Gasteiger charge is -2.06. The summed E-state index contributed by atoms with van der Waals surface area (Å²) >= 11 is 6.08. The molecule has 0 amide bonds. The molecule has 0 radical (unpaired) electrons. The van der Waals surface area contributed by atoms with Gasteiger partial charge in [-0.3, -0.25) is 4.79 Å². The van der Waals surface area contributed by atoms with Gasteiger partial charge in [0.25, 0.3) is 0 Å². The quantitative estimate of drug-likeness (QED) is 0.753. The van der Waals surface area contributed by atoms with Crippen LogP contribution in [0.1, 0.15) is 12.5 Å². The number of hydrogen-bond donors (Lipinski definition) is 0. The molecule has 2 aromatic carbocycles. The van der Waals surface area contributed by atoms with Crippen LogP contribution in [0.15, 0.2) is 36.4 Å². The Hall–Kier alpha value is -1.34. The van der Waals surface area contributed by atoms with Crippen LogP contribution in [0.5, 0.6) is 0 Å². The third kappa shape index (κ3) is 2.02. The lowest BCUT2D eigenvalue weighted by atomic mass is 10.0. The molecular formula is C13H11ClO. The van der Waals surface area contributed by atoms with Gasteiger partial charge in [0.05, 0.1) is 0 Å². The smallest absolute Gasteiger partial charge is 0.134 e. The molecule has 0 aromatic heterocycles. The fraction of sp³-hybridized carbons (Fsp3) is 0.154. The van der Waals surface area contributed by atoms with Gasteiger partial charge in [0.15, 0.2) is 0 Å². The van der Waals surface area contributed by atoms with Gasteiger partial charge in [-0.1, -0.05) is 41.9 Å². The number of carbonyl (C=O) groups excluding carboxylic acids is 1. The second-order valence-electron chi connectivity index (χ2n) is 3.63. The zero-order chi connectivity index (χ0) is 10.8. The fourth-order valence-corrected chi connectivity index (χ4v) is 1.97. The van der Waals surface area contributed by atoms with Crippen LogP contribution in [-0.2, 0) is 11.2 Å². The highest BCUT2D eigenvalue weighted by Crippen LogP contribution is 2.26. The molecule has 0 bridgehead atoms. The van der Waals surface area contributed by atoms with Crippen LogP contribution in [0.4, 0.5) is 0 Å². The predicted octanol–water partition coefficient (Wildman–Crippen LogP) is 3.62. The Balaban J connectivity index is 2.66. The number of fused-ring (bicyclic) bond motifs is 1. The third-order valence-electron chi connectivity index (χ3n) is 2.40. The van der Waals surface area contributed by atoms with Crippen molar-refractivity contribution in [3.05, 3.63) is 47.0 Å². The molecule has 2 aromatic rings. The van der Waals surface area contributed by atoms with Crippen LogP contribution >= 0.6 is 11.6 Å². The van der Waals surface area contributed by atoms with Crippen molar-refractivity contribution in [1.29, 1.82) is 0 Å². The van der Waals surface area contributed by atoms with Crippen molar-refractivity contribution in [2.45, 2.75) is 13.3 Å². The van der Waals surface area contributed by atoms with Gasteiger partial charge >= 0.3 is 0 Å². The van der Waals surface area contributed by atoms with E-state index in [4.69, 9.17) is 11.6 Å². The summed E-state index contributed by atoms with van der Waals surface area (Å²) in [5, 5.41) is 2.82. The number of Topliss-reactive ketones (excluding diaryl/α,β-unsaturated/α-hetero) is 1. The Morgan fingerprint density at radius 2 is 1.80 bits per heavy atom. The minimum absolute atomic E-state index is 0.169. The monoisotopic (exact) mass is 218 g/mol. The van der Waals surface area contributed by atoms with Gasteiger partial charge in [0.1, 0.15) is 5.78 Å². The highest BCUT2D eigenvalue weighted by molar-refractivity contribution is 6.35. The fourth-order valence-electron chi connectivity index (χ4n) is 1.75.